The lowest BCUT2D eigenvalue weighted by Crippen LogP contribution is -2.23. The van der Waals surface area contributed by atoms with Gasteiger partial charge in [-0.3, -0.25) is 9.48 Å². The fourth-order valence-corrected chi connectivity index (χ4v) is 3.29. The molecule has 2 aromatic rings. The second kappa shape index (κ2) is 7.41. The number of carbonyl (C=O) groups is 2. The van der Waals surface area contributed by atoms with Gasteiger partial charge in [-0.25, -0.2) is 4.79 Å². The topological polar surface area (TPSA) is 84.2 Å². The summed E-state index contributed by atoms with van der Waals surface area (Å²) in [7, 11) is 0. The van der Waals surface area contributed by atoms with Crippen LogP contribution in [0.15, 0.2) is 18.3 Å². The molecular weight excluding hydrogens is 314 g/mol. The van der Waals surface area contributed by atoms with Crippen LogP contribution in [0.1, 0.15) is 63.3 Å². The second-order valence-electron chi connectivity index (χ2n) is 5.31. The maximum Gasteiger partial charge on any atom is 0.345 e. The molecule has 0 aliphatic heterocycles. The van der Waals surface area contributed by atoms with Gasteiger partial charge in [-0.05, 0) is 31.9 Å². The standard InChI is InChI=1S/C16H21N3O3S/c1-4-11(5-2)19-10(3)13(9-18-19)15(20)17-8-12-6-7-14(23-12)16(21)22/h6-7,9,11H,4-5,8H2,1-3H3,(H,17,20)(H,21,22). The van der Waals surface area contributed by atoms with Crippen molar-refractivity contribution in [3.8, 4) is 0 Å². The first-order valence-corrected chi connectivity index (χ1v) is 8.43. The van der Waals surface area contributed by atoms with Crippen LogP contribution in [-0.4, -0.2) is 26.8 Å². The highest BCUT2D eigenvalue weighted by Gasteiger charge is 2.18. The van der Waals surface area contributed by atoms with E-state index >= 15 is 0 Å². The van der Waals surface area contributed by atoms with Gasteiger partial charge in [0.2, 0.25) is 0 Å². The third kappa shape index (κ3) is 3.79. The highest BCUT2D eigenvalue weighted by Crippen LogP contribution is 2.20. The Morgan fingerprint density at radius 1 is 1.35 bits per heavy atom. The summed E-state index contributed by atoms with van der Waals surface area (Å²) in [6, 6.07) is 3.56. The fourth-order valence-electron chi connectivity index (χ4n) is 2.50. The first kappa shape index (κ1) is 17.2. The number of carbonyl (C=O) groups excluding carboxylic acids is 1. The minimum atomic E-state index is -0.949. The summed E-state index contributed by atoms with van der Waals surface area (Å²) >= 11 is 1.16. The van der Waals surface area contributed by atoms with E-state index in [1.165, 1.54) is 0 Å². The zero-order valence-electron chi connectivity index (χ0n) is 13.5. The van der Waals surface area contributed by atoms with Gasteiger partial charge < -0.3 is 10.4 Å². The Balaban J connectivity index is 2.04. The molecule has 6 nitrogen and oxygen atoms in total. The molecule has 23 heavy (non-hydrogen) atoms. The second-order valence-corrected chi connectivity index (χ2v) is 6.48. The predicted octanol–water partition coefficient (Wildman–Crippen LogP) is 3.24. The largest absolute Gasteiger partial charge is 0.477 e. The average Bonchev–Trinajstić information content (AvgIpc) is 3.14. The van der Waals surface area contributed by atoms with E-state index < -0.39 is 5.97 Å². The molecule has 1 amide bonds. The zero-order chi connectivity index (χ0) is 17.0. The van der Waals surface area contributed by atoms with Crippen molar-refractivity contribution in [2.45, 2.75) is 46.2 Å². The normalized spacial score (nSPS) is 11.0. The summed E-state index contributed by atoms with van der Waals surface area (Å²) in [5.74, 6) is -1.14. The molecule has 2 aromatic heterocycles. The van der Waals surface area contributed by atoms with Gasteiger partial charge in [-0.2, -0.15) is 5.10 Å². The predicted molar refractivity (Wildman–Crippen MR) is 89.0 cm³/mol. The van der Waals surface area contributed by atoms with Crippen molar-refractivity contribution in [2.24, 2.45) is 0 Å². The minimum absolute atomic E-state index is 0.190. The van der Waals surface area contributed by atoms with Crippen LogP contribution >= 0.6 is 11.3 Å². The summed E-state index contributed by atoms with van der Waals surface area (Å²) in [6.45, 7) is 6.41. The van der Waals surface area contributed by atoms with E-state index in [0.717, 1.165) is 34.7 Å². The number of carboxylic acids is 1. The first-order chi connectivity index (χ1) is 11.0. The molecule has 0 atom stereocenters. The quantitative estimate of drug-likeness (QED) is 0.813. The van der Waals surface area contributed by atoms with Crippen LogP contribution in [0.4, 0.5) is 0 Å². The van der Waals surface area contributed by atoms with Crippen LogP contribution < -0.4 is 5.32 Å². The summed E-state index contributed by atoms with van der Waals surface area (Å²) in [4.78, 5) is 24.2. The lowest BCUT2D eigenvalue weighted by Gasteiger charge is -2.15. The number of hydrogen-bond donors (Lipinski definition) is 2. The van der Waals surface area contributed by atoms with E-state index in [2.05, 4.69) is 24.3 Å². The van der Waals surface area contributed by atoms with Crippen molar-refractivity contribution >= 4 is 23.2 Å². The number of amides is 1. The minimum Gasteiger partial charge on any atom is -0.477 e. The number of aromatic nitrogens is 2. The number of rotatable bonds is 7. The number of carboxylic acid groups (broad SMARTS) is 1. The number of aromatic carboxylic acids is 1. The van der Waals surface area contributed by atoms with Crippen molar-refractivity contribution in [1.29, 1.82) is 0 Å². The molecular formula is C16H21N3O3S. The Labute approximate surface area is 139 Å². The lowest BCUT2D eigenvalue weighted by atomic mass is 10.1. The molecule has 0 bridgehead atoms. The summed E-state index contributed by atoms with van der Waals surface area (Å²) in [6.07, 6.45) is 3.53. The summed E-state index contributed by atoms with van der Waals surface area (Å²) < 4.78 is 1.91. The van der Waals surface area contributed by atoms with Gasteiger partial charge in [0, 0.05) is 10.6 Å². The third-order valence-corrected chi connectivity index (χ3v) is 4.95. The number of thiophene rings is 1. The molecule has 0 spiro atoms. The van der Waals surface area contributed by atoms with Crippen molar-refractivity contribution in [3.63, 3.8) is 0 Å². The zero-order valence-corrected chi connectivity index (χ0v) is 14.3. The van der Waals surface area contributed by atoms with E-state index in [4.69, 9.17) is 5.11 Å². The van der Waals surface area contributed by atoms with Gasteiger partial charge >= 0.3 is 5.97 Å². The molecule has 0 aromatic carbocycles. The molecule has 124 valence electrons. The molecule has 0 saturated carbocycles. The van der Waals surface area contributed by atoms with Crippen LogP contribution in [0.2, 0.25) is 0 Å². The molecule has 0 unspecified atom stereocenters. The van der Waals surface area contributed by atoms with Crippen LogP contribution in [0.25, 0.3) is 0 Å². The molecule has 2 heterocycles. The highest BCUT2D eigenvalue weighted by atomic mass is 32.1. The Morgan fingerprint density at radius 3 is 2.61 bits per heavy atom. The van der Waals surface area contributed by atoms with E-state index in [1.54, 1.807) is 18.3 Å². The van der Waals surface area contributed by atoms with Crippen molar-refractivity contribution in [3.05, 3.63) is 39.3 Å². The Hall–Kier alpha value is -2.15. The van der Waals surface area contributed by atoms with Crippen LogP contribution in [0.5, 0.6) is 0 Å². The van der Waals surface area contributed by atoms with Gasteiger partial charge in [-0.1, -0.05) is 13.8 Å². The molecule has 0 radical (unpaired) electrons. The van der Waals surface area contributed by atoms with Gasteiger partial charge in [-0.15, -0.1) is 11.3 Å². The number of hydrogen-bond acceptors (Lipinski definition) is 4. The molecule has 0 fully saturated rings. The summed E-state index contributed by atoms with van der Waals surface area (Å²) in [5.41, 5.74) is 1.42. The summed E-state index contributed by atoms with van der Waals surface area (Å²) in [5, 5.41) is 16.1. The Morgan fingerprint density at radius 2 is 2.04 bits per heavy atom. The van der Waals surface area contributed by atoms with Gasteiger partial charge in [0.15, 0.2) is 0 Å². The van der Waals surface area contributed by atoms with Crippen LogP contribution in [-0.2, 0) is 6.54 Å². The molecule has 2 N–H and O–H groups in total. The third-order valence-electron chi connectivity index (χ3n) is 3.87. The fraction of sp³-hybridized carbons (Fsp3) is 0.438. The van der Waals surface area contributed by atoms with Crippen LogP contribution in [0.3, 0.4) is 0 Å². The van der Waals surface area contributed by atoms with Crippen molar-refractivity contribution < 1.29 is 14.7 Å². The monoisotopic (exact) mass is 335 g/mol. The van der Waals surface area contributed by atoms with Crippen molar-refractivity contribution in [1.82, 2.24) is 15.1 Å². The van der Waals surface area contributed by atoms with Crippen LogP contribution in [0, 0.1) is 6.92 Å². The van der Waals surface area contributed by atoms with Crippen molar-refractivity contribution in [2.75, 3.05) is 0 Å². The average molecular weight is 335 g/mol. The maximum absolute atomic E-state index is 12.3. The molecule has 0 saturated heterocycles. The maximum atomic E-state index is 12.3. The van der Waals surface area contributed by atoms with Gasteiger partial charge in [0.1, 0.15) is 4.88 Å². The van der Waals surface area contributed by atoms with E-state index in [0.29, 0.717) is 18.2 Å². The number of nitrogens with zero attached hydrogens (tertiary/aromatic N) is 2. The van der Waals surface area contributed by atoms with E-state index in [9.17, 15) is 9.59 Å². The molecule has 2 rings (SSSR count). The molecule has 0 aliphatic carbocycles. The lowest BCUT2D eigenvalue weighted by molar-refractivity contribution is 0.0702. The Kier molecular flexibility index (Phi) is 5.54. The first-order valence-electron chi connectivity index (χ1n) is 7.62. The SMILES string of the molecule is CCC(CC)n1ncc(C(=O)NCc2ccc(C(=O)O)s2)c1C. The highest BCUT2D eigenvalue weighted by molar-refractivity contribution is 7.13. The smallest absolute Gasteiger partial charge is 0.345 e. The van der Waals surface area contributed by atoms with Gasteiger partial charge in [0.25, 0.3) is 5.91 Å². The van der Waals surface area contributed by atoms with Gasteiger partial charge in [0.05, 0.1) is 24.3 Å². The molecule has 7 heteroatoms. The number of nitrogens with one attached hydrogen (secondary N) is 1. The Bertz CT molecular complexity index is 701. The van der Waals surface area contributed by atoms with E-state index in [1.807, 2.05) is 11.6 Å². The van der Waals surface area contributed by atoms with E-state index in [-0.39, 0.29) is 10.8 Å². The molecule has 0 aliphatic rings.